The second-order valence-electron chi connectivity index (χ2n) is 6.27. The average Bonchev–Trinajstić information content (AvgIpc) is 2.69. The molecule has 0 bridgehead atoms. The molecule has 1 aromatic heterocycles. The molecule has 0 radical (unpaired) electrons. The van der Waals surface area contributed by atoms with Crippen LogP contribution in [-0.2, 0) is 0 Å². The van der Waals surface area contributed by atoms with Crippen molar-refractivity contribution in [3.63, 3.8) is 0 Å². The zero-order valence-electron chi connectivity index (χ0n) is 14.2. The van der Waals surface area contributed by atoms with Gasteiger partial charge < -0.3 is 15.1 Å². The first-order valence-electron chi connectivity index (χ1n) is 8.61. The van der Waals surface area contributed by atoms with Crippen molar-refractivity contribution in [2.75, 3.05) is 36.4 Å². The molecule has 2 amide bonds. The Balaban J connectivity index is 1.38. The highest BCUT2D eigenvalue weighted by Crippen LogP contribution is 2.20. The quantitative estimate of drug-likeness (QED) is 0.737. The lowest BCUT2D eigenvalue weighted by molar-refractivity contribution is 0.208. The number of urea groups is 1. The molecule has 6 heteroatoms. The monoisotopic (exact) mass is 366 g/mol. The number of hydrogen-bond donors (Lipinski definition) is 1. The van der Waals surface area contributed by atoms with Crippen LogP contribution in [0.3, 0.4) is 0 Å². The van der Waals surface area contributed by atoms with Crippen molar-refractivity contribution in [1.29, 1.82) is 0 Å². The summed E-state index contributed by atoms with van der Waals surface area (Å²) < 4.78 is 0. The Kier molecular flexibility index (Phi) is 4.63. The van der Waals surface area contributed by atoms with Crippen LogP contribution < -0.4 is 10.2 Å². The van der Waals surface area contributed by atoms with E-state index in [1.807, 2.05) is 29.2 Å². The number of benzene rings is 2. The number of halogens is 1. The smallest absolute Gasteiger partial charge is 0.321 e. The summed E-state index contributed by atoms with van der Waals surface area (Å²) in [6, 6.07) is 19.3. The van der Waals surface area contributed by atoms with Crippen molar-refractivity contribution in [3.05, 3.63) is 65.7 Å². The Labute approximate surface area is 157 Å². The van der Waals surface area contributed by atoms with E-state index in [1.165, 1.54) is 0 Å². The maximum Gasteiger partial charge on any atom is 0.321 e. The summed E-state index contributed by atoms with van der Waals surface area (Å²) in [6.07, 6.45) is 0. The van der Waals surface area contributed by atoms with Crippen LogP contribution in [0.2, 0.25) is 5.02 Å². The number of fused-ring (bicyclic) bond motifs is 1. The molecule has 0 aliphatic carbocycles. The Morgan fingerprint density at radius 1 is 0.923 bits per heavy atom. The van der Waals surface area contributed by atoms with Crippen molar-refractivity contribution < 1.29 is 4.79 Å². The third-order valence-corrected chi connectivity index (χ3v) is 4.82. The fourth-order valence-electron chi connectivity index (χ4n) is 3.11. The maximum absolute atomic E-state index is 12.4. The molecule has 1 N–H and O–H groups in total. The van der Waals surface area contributed by atoms with Gasteiger partial charge in [0.1, 0.15) is 5.82 Å². The number of nitrogens with one attached hydrogen (secondary N) is 1. The van der Waals surface area contributed by atoms with Gasteiger partial charge in [-0.15, -0.1) is 0 Å². The van der Waals surface area contributed by atoms with Crippen LogP contribution >= 0.6 is 11.6 Å². The minimum atomic E-state index is -0.0848. The lowest BCUT2D eigenvalue weighted by atomic mass is 10.2. The highest BCUT2D eigenvalue weighted by atomic mass is 35.5. The Hall–Kier alpha value is -2.79. The number of hydrogen-bond acceptors (Lipinski definition) is 3. The van der Waals surface area contributed by atoms with E-state index < -0.39 is 0 Å². The van der Waals surface area contributed by atoms with Crippen LogP contribution in [0.4, 0.5) is 16.3 Å². The molecule has 0 unspecified atom stereocenters. The van der Waals surface area contributed by atoms with Gasteiger partial charge in [0.05, 0.1) is 5.52 Å². The van der Waals surface area contributed by atoms with E-state index in [2.05, 4.69) is 22.3 Å². The summed E-state index contributed by atoms with van der Waals surface area (Å²) in [5, 5.41) is 4.70. The van der Waals surface area contributed by atoms with Gasteiger partial charge in [-0.25, -0.2) is 9.78 Å². The van der Waals surface area contributed by atoms with E-state index >= 15 is 0 Å². The predicted molar refractivity (Wildman–Crippen MR) is 106 cm³/mol. The molecule has 5 nitrogen and oxygen atoms in total. The van der Waals surface area contributed by atoms with Crippen molar-refractivity contribution in [1.82, 2.24) is 9.88 Å². The molecule has 0 saturated carbocycles. The van der Waals surface area contributed by atoms with E-state index in [4.69, 9.17) is 16.6 Å². The molecule has 26 heavy (non-hydrogen) atoms. The topological polar surface area (TPSA) is 48.5 Å². The van der Waals surface area contributed by atoms with Gasteiger partial charge in [0.25, 0.3) is 0 Å². The summed E-state index contributed by atoms with van der Waals surface area (Å²) in [7, 11) is 0. The number of para-hydroxylation sites is 1. The standard InChI is InChI=1S/C20H19ClN4O/c21-16-6-8-17(9-7-16)22-20(26)25-13-11-24(12-14-25)19-10-5-15-3-1-2-4-18(15)23-19/h1-10H,11-14H2,(H,22,26). The lowest BCUT2D eigenvalue weighted by Gasteiger charge is -2.35. The van der Waals surface area contributed by atoms with Gasteiger partial charge in [-0.2, -0.15) is 0 Å². The number of carbonyl (C=O) groups is 1. The minimum Gasteiger partial charge on any atom is -0.353 e. The minimum absolute atomic E-state index is 0.0848. The molecule has 4 rings (SSSR count). The van der Waals surface area contributed by atoms with Crippen LogP contribution in [0.5, 0.6) is 0 Å². The number of aromatic nitrogens is 1. The number of nitrogens with zero attached hydrogens (tertiary/aromatic N) is 3. The summed E-state index contributed by atoms with van der Waals surface area (Å²) in [4.78, 5) is 21.2. The molecule has 132 valence electrons. The molecular weight excluding hydrogens is 348 g/mol. The molecule has 1 saturated heterocycles. The van der Waals surface area contributed by atoms with Gasteiger partial charge in [-0.1, -0.05) is 29.8 Å². The largest absolute Gasteiger partial charge is 0.353 e. The number of amides is 2. The van der Waals surface area contributed by atoms with Crippen molar-refractivity contribution in [3.8, 4) is 0 Å². The first kappa shape index (κ1) is 16.7. The Morgan fingerprint density at radius 2 is 1.65 bits per heavy atom. The van der Waals surface area contributed by atoms with Gasteiger partial charge in [0.15, 0.2) is 0 Å². The van der Waals surface area contributed by atoms with E-state index in [0.29, 0.717) is 18.1 Å². The fourth-order valence-corrected chi connectivity index (χ4v) is 3.23. The van der Waals surface area contributed by atoms with E-state index in [9.17, 15) is 4.79 Å². The number of anilines is 2. The van der Waals surface area contributed by atoms with Crippen LogP contribution in [0, 0.1) is 0 Å². The van der Waals surface area contributed by atoms with E-state index in [1.54, 1.807) is 24.3 Å². The lowest BCUT2D eigenvalue weighted by Crippen LogP contribution is -2.50. The van der Waals surface area contributed by atoms with E-state index in [0.717, 1.165) is 35.5 Å². The molecule has 0 spiro atoms. The maximum atomic E-state index is 12.4. The molecule has 3 aromatic rings. The first-order valence-corrected chi connectivity index (χ1v) is 8.99. The van der Waals surface area contributed by atoms with Gasteiger partial charge in [0, 0.05) is 42.3 Å². The molecule has 1 aliphatic heterocycles. The van der Waals surface area contributed by atoms with Gasteiger partial charge in [0.2, 0.25) is 0 Å². The Morgan fingerprint density at radius 3 is 2.42 bits per heavy atom. The first-order chi connectivity index (χ1) is 12.7. The molecule has 0 atom stereocenters. The average molecular weight is 367 g/mol. The van der Waals surface area contributed by atoms with Gasteiger partial charge in [-0.3, -0.25) is 0 Å². The third kappa shape index (κ3) is 3.58. The zero-order chi connectivity index (χ0) is 17.9. The number of carbonyl (C=O) groups excluding carboxylic acids is 1. The van der Waals surface area contributed by atoms with Crippen LogP contribution in [0.25, 0.3) is 10.9 Å². The summed E-state index contributed by atoms with van der Waals surface area (Å²) in [6.45, 7) is 2.85. The van der Waals surface area contributed by atoms with Crippen LogP contribution in [-0.4, -0.2) is 42.1 Å². The predicted octanol–water partition coefficient (Wildman–Crippen LogP) is 4.24. The second kappa shape index (κ2) is 7.22. The SMILES string of the molecule is O=C(Nc1ccc(Cl)cc1)N1CCN(c2ccc3ccccc3n2)CC1. The number of pyridine rings is 1. The number of rotatable bonds is 2. The highest BCUT2D eigenvalue weighted by molar-refractivity contribution is 6.30. The molecule has 1 aliphatic rings. The van der Waals surface area contributed by atoms with Crippen LogP contribution in [0.1, 0.15) is 0 Å². The second-order valence-corrected chi connectivity index (χ2v) is 6.71. The normalized spacial score (nSPS) is 14.5. The summed E-state index contributed by atoms with van der Waals surface area (Å²) in [5.74, 6) is 0.960. The third-order valence-electron chi connectivity index (χ3n) is 4.57. The van der Waals surface area contributed by atoms with Crippen molar-refractivity contribution in [2.45, 2.75) is 0 Å². The van der Waals surface area contributed by atoms with Crippen molar-refractivity contribution >= 4 is 40.0 Å². The van der Waals surface area contributed by atoms with Crippen molar-refractivity contribution in [2.24, 2.45) is 0 Å². The van der Waals surface area contributed by atoms with E-state index in [-0.39, 0.29) is 6.03 Å². The molecule has 1 fully saturated rings. The number of piperazine rings is 1. The molecule has 2 aromatic carbocycles. The molecular formula is C20H19ClN4O. The summed E-state index contributed by atoms with van der Waals surface area (Å²) in [5.41, 5.74) is 1.74. The van der Waals surface area contributed by atoms with Crippen LogP contribution in [0.15, 0.2) is 60.7 Å². The van der Waals surface area contributed by atoms with Gasteiger partial charge >= 0.3 is 6.03 Å². The summed E-state index contributed by atoms with van der Waals surface area (Å²) >= 11 is 5.87. The molecule has 2 heterocycles. The highest BCUT2D eigenvalue weighted by Gasteiger charge is 2.22. The Bertz CT molecular complexity index is 921. The van der Waals surface area contributed by atoms with Gasteiger partial charge in [-0.05, 0) is 42.5 Å². The fraction of sp³-hybridized carbons (Fsp3) is 0.200. The zero-order valence-corrected chi connectivity index (χ0v) is 15.0.